The Morgan fingerprint density at radius 3 is 2.39 bits per heavy atom. The summed E-state index contributed by atoms with van der Waals surface area (Å²) in [6, 6.07) is 13.7. The van der Waals surface area contributed by atoms with Crippen LogP contribution in [0.25, 0.3) is 5.70 Å². The van der Waals surface area contributed by atoms with E-state index in [0.29, 0.717) is 5.69 Å². The van der Waals surface area contributed by atoms with Crippen LogP contribution in [0, 0.1) is 11.6 Å². The Hall–Kier alpha value is -3.69. The van der Waals surface area contributed by atoms with Crippen LogP contribution >= 0.6 is 11.6 Å². The lowest BCUT2D eigenvalue weighted by atomic mass is 10.1. The summed E-state index contributed by atoms with van der Waals surface area (Å²) in [5.41, 5.74) is 0.0931. The Morgan fingerprint density at radius 2 is 1.82 bits per heavy atom. The van der Waals surface area contributed by atoms with Crippen molar-refractivity contribution in [2.75, 3.05) is 19.2 Å². The van der Waals surface area contributed by atoms with Gasteiger partial charge in [0.15, 0.2) is 6.23 Å². The van der Waals surface area contributed by atoms with Gasteiger partial charge in [-0.3, -0.25) is 14.8 Å². The fourth-order valence-electron chi connectivity index (χ4n) is 3.60. The molecular weight excluding hydrogens is 454 g/mol. The summed E-state index contributed by atoms with van der Waals surface area (Å²) in [5, 5.41) is 16.7. The average molecular weight is 473 g/mol. The smallest absolute Gasteiger partial charge is 0.257 e. The van der Waals surface area contributed by atoms with E-state index >= 15 is 8.78 Å². The Balaban J connectivity index is 1.84. The molecule has 33 heavy (non-hydrogen) atoms. The molecule has 0 saturated heterocycles. The topological polar surface area (TPSA) is 77.9 Å². The van der Waals surface area contributed by atoms with Crippen molar-refractivity contribution in [3.8, 4) is 5.75 Å². The van der Waals surface area contributed by atoms with Crippen LogP contribution in [0.3, 0.4) is 0 Å². The first kappa shape index (κ1) is 22.5. The number of hydrogen-bond donors (Lipinski definition) is 2. The van der Waals surface area contributed by atoms with Crippen LogP contribution in [0.2, 0.25) is 5.15 Å². The molecule has 1 aliphatic rings. The van der Waals surface area contributed by atoms with Crippen molar-refractivity contribution < 1.29 is 23.4 Å². The molecule has 2 heterocycles. The molecule has 0 bridgehead atoms. The van der Waals surface area contributed by atoms with E-state index in [1.165, 1.54) is 42.5 Å². The number of amides is 1. The second kappa shape index (κ2) is 9.05. The number of halogens is 3. The molecule has 3 aromatic rings. The molecule has 2 N–H and O–H groups in total. The number of hydrazine groups is 1. The number of pyridine rings is 1. The summed E-state index contributed by atoms with van der Waals surface area (Å²) in [4.78, 5) is 16.7. The highest BCUT2D eigenvalue weighted by Gasteiger charge is 2.40. The maximum atomic E-state index is 15.0. The molecule has 2 aromatic carbocycles. The number of hydrogen-bond acceptors (Lipinski definition) is 6. The first-order chi connectivity index (χ1) is 15.8. The molecule has 0 saturated carbocycles. The normalized spacial score (nSPS) is 15.8. The van der Waals surface area contributed by atoms with Crippen molar-refractivity contribution in [2.45, 2.75) is 6.23 Å². The van der Waals surface area contributed by atoms with Crippen molar-refractivity contribution in [2.24, 2.45) is 0 Å². The third-order valence-electron chi connectivity index (χ3n) is 5.14. The summed E-state index contributed by atoms with van der Waals surface area (Å²) < 4.78 is 35.0. The highest BCUT2D eigenvalue weighted by molar-refractivity contribution is 6.29. The van der Waals surface area contributed by atoms with Crippen LogP contribution in [-0.4, -0.2) is 41.4 Å². The number of aromatic nitrogens is 1. The minimum absolute atomic E-state index is 0.00621. The van der Waals surface area contributed by atoms with Crippen LogP contribution < -0.4 is 15.1 Å². The van der Waals surface area contributed by atoms with E-state index in [1.54, 1.807) is 30.3 Å². The monoisotopic (exact) mass is 472 g/mol. The predicted octanol–water partition coefficient (Wildman–Crippen LogP) is 3.81. The van der Waals surface area contributed by atoms with Gasteiger partial charge >= 0.3 is 0 Å². The number of methoxy groups -OCH3 is 1. The lowest BCUT2D eigenvalue weighted by Crippen LogP contribution is -2.42. The van der Waals surface area contributed by atoms with Gasteiger partial charge in [0.05, 0.1) is 35.3 Å². The molecule has 1 amide bonds. The maximum Gasteiger partial charge on any atom is 0.257 e. The molecule has 0 radical (unpaired) electrons. The molecule has 0 spiro atoms. The first-order valence-corrected chi connectivity index (χ1v) is 10.2. The molecule has 0 fully saturated rings. The Kier molecular flexibility index (Phi) is 6.17. The van der Waals surface area contributed by atoms with E-state index in [4.69, 9.17) is 16.3 Å². The van der Waals surface area contributed by atoms with E-state index < -0.39 is 29.3 Å². The third-order valence-corrected chi connectivity index (χ3v) is 5.36. The average Bonchev–Trinajstić information content (AvgIpc) is 3.03. The minimum atomic E-state index is -1.45. The van der Waals surface area contributed by atoms with Gasteiger partial charge in [0.25, 0.3) is 5.91 Å². The standard InChI is InChI=1S/C23H19ClF2N4O3/c1-29-21(19-16(25)10-15(33-2)11-17(19)26)20(23(32)30(29)14-6-4-3-5-7-14)28-22(31)13-8-9-18(24)27-12-13/h3-12,23,32H,1-2H3,(H,28,31). The largest absolute Gasteiger partial charge is 0.497 e. The lowest BCUT2D eigenvalue weighted by molar-refractivity contribution is 0.0946. The predicted molar refractivity (Wildman–Crippen MR) is 119 cm³/mol. The van der Waals surface area contributed by atoms with Crippen molar-refractivity contribution >= 4 is 28.9 Å². The number of nitrogens with one attached hydrogen (secondary N) is 1. The van der Waals surface area contributed by atoms with Gasteiger partial charge in [0.1, 0.15) is 22.5 Å². The maximum absolute atomic E-state index is 15.0. The Morgan fingerprint density at radius 1 is 1.15 bits per heavy atom. The number of benzene rings is 2. The molecule has 7 nitrogen and oxygen atoms in total. The van der Waals surface area contributed by atoms with Crippen LogP contribution in [0.4, 0.5) is 14.5 Å². The molecule has 1 aromatic heterocycles. The number of aliphatic hydroxyl groups excluding tert-OH is 1. The molecule has 1 unspecified atom stereocenters. The second-order valence-electron chi connectivity index (χ2n) is 7.13. The highest BCUT2D eigenvalue weighted by Crippen LogP contribution is 2.39. The summed E-state index contributed by atoms with van der Waals surface area (Å²) in [5.74, 6) is -2.48. The summed E-state index contributed by atoms with van der Waals surface area (Å²) in [7, 11) is 2.82. The second-order valence-corrected chi connectivity index (χ2v) is 7.52. The molecule has 4 rings (SSSR count). The number of rotatable bonds is 5. The van der Waals surface area contributed by atoms with Gasteiger partial charge in [-0.05, 0) is 24.3 Å². The first-order valence-electron chi connectivity index (χ1n) is 9.78. The van der Waals surface area contributed by atoms with Gasteiger partial charge in [0, 0.05) is 25.4 Å². The molecule has 10 heteroatoms. The number of ether oxygens (including phenoxy) is 1. The number of carbonyl (C=O) groups is 1. The van der Waals surface area contributed by atoms with Crippen molar-refractivity contribution in [1.82, 2.24) is 15.3 Å². The number of para-hydroxylation sites is 1. The van der Waals surface area contributed by atoms with Crippen LogP contribution in [0.1, 0.15) is 15.9 Å². The van der Waals surface area contributed by atoms with E-state index in [0.717, 1.165) is 12.1 Å². The third kappa shape index (κ3) is 4.20. The molecule has 1 aliphatic heterocycles. The fourth-order valence-corrected chi connectivity index (χ4v) is 3.72. The quantitative estimate of drug-likeness (QED) is 0.550. The van der Waals surface area contributed by atoms with Gasteiger partial charge in [-0.2, -0.15) is 0 Å². The van der Waals surface area contributed by atoms with E-state index in [1.807, 2.05) is 0 Å². The molecule has 170 valence electrons. The van der Waals surface area contributed by atoms with E-state index in [-0.39, 0.29) is 27.9 Å². The fraction of sp³-hybridized carbons (Fsp3) is 0.130. The van der Waals surface area contributed by atoms with Gasteiger partial charge in [-0.1, -0.05) is 29.8 Å². The lowest BCUT2D eigenvalue weighted by Gasteiger charge is -2.32. The van der Waals surface area contributed by atoms with Gasteiger partial charge in [0.2, 0.25) is 0 Å². The van der Waals surface area contributed by atoms with E-state index in [2.05, 4.69) is 10.3 Å². The summed E-state index contributed by atoms with van der Waals surface area (Å²) in [6.45, 7) is 0. The van der Waals surface area contributed by atoms with Crippen molar-refractivity contribution in [3.05, 3.63) is 94.4 Å². The minimum Gasteiger partial charge on any atom is -0.497 e. The molecule has 0 aliphatic carbocycles. The highest BCUT2D eigenvalue weighted by atomic mass is 35.5. The number of carbonyl (C=O) groups excluding carboxylic acids is 1. The van der Waals surface area contributed by atoms with Gasteiger partial charge in [-0.15, -0.1) is 0 Å². The zero-order valence-corrected chi connectivity index (χ0v) is 18.3. The number of aliphatic hydroxyl groups is 1. The number of anilines is 1. The molecular formula is C23H19ClF2N4O3. The Labute approximate surface area is 193 Å². The zero-order valence-electron chi connectivity index (χ0n) is 17.6. The van der Waals surface area contributed by atoms with Gasteiger partial charge in [-0.25, -0.2) is 13.8 Å². The van der Waals surface area contributed by atoms with Crippen molar-refractivity contribution in [1.29, 1.82) is 0 Å². The van der Waals surface area contributed by atoms with Crippen LogP contribution in [0.15, 0.2) is 66.5 Å². The Bertz CT molecular complexity index is 1200. The summed E-state index contributed by atoms with van der Waals surface area (Å²) >= 11 is 5.78. The number of nitrogens with zero attached hydrogens (tertiary/aromatic N) is 3. The van der Waals surface area contributed by atoms with Crippen LogP contribution in [0.5, 0.6) is 5.75 Å². The van der Waals surface area contributed by atoms with Crippen LogP contribution in [-0.2, 0) is 0 Å². The zero-order chi connectivity index (χ0) is 23.7. The van der Waals surface area contributed by atoms with Gasteiger partial charge < -0.3 is 15.2 Å². The summed E-state index contributed by atoms with van der Waals surface area (Å²) in [6.07, 6.45) is -0.190. The van der Waals surface area contributed by atoms with Crippen molar-refractivity contribution in [3.63, 3.8) is 0 Å². The SMILES string of the molecule is COc1cc(F)c(C2=C(NC(=O)c3ccc(Cl)nc3)C(O)N(c3ccccc3)N2C)c(F)c1. The molecule has 1 atom stereocenters. The van der Waals surface area contributed by atoms with E-state index in [9.17, 15) is 9.90 Å².